The monoisotopic (exact) mass is 361 g/mol. The summed E-state index contributed by atoms with van der Waals surface area (Å²) in [7, 11) is 3.87. The van der Waals surface area contributed by atoms with Gasteiger partial charge in [-0.05, 0) is 24.6 Å². The minimum atomic E-state index is -0.0174. The van der Waals surface area contributed by atoms with Gasteiger partial charge in [-0.2, -0.15) is 0 Å². The molecule has 6 nitrogen and oxygen atoms in total. The molecule has 0 fully saturated rings. The van der Waals surface area contributed by atoms with E-state index in [1.807, 2.05) is 36.9 Å². The lowest BCUT2D eigenvalue weighted by atomic mass is 10.2. The molecular formula is C21H23N5O. The standard InChI is InChI=1S/C21H23N5O/c1-4-5-13-24(2)20(27)18-14-17-19(26(18)21-22-11-8-12-23-21)15-9-6-7-10-16(15)25(17)3/h6-12,14H,4-5,13H2,1-3H3. The minimum Gasteiger partial charge on any atom is -0.342 e. The van der Waals surface area contributed by atoms with Crippen molar-refractivity contribution in [2.75, 3.05) is 13.6 Å². The Morgan fingerprint density at radius 1 is 1.11 bits per heavy atom. The summed E-state index contributed by atoms with van der Waals surface area (Å²) in [6.07, 6.45) is 5.43. The van der Waals surface area contributed by atoms with Crippen LogP contribution in [0.15, 0.2) is 48.8 Å². The molecule has 0 unspecified atom stereocenters. The maximum atomic E-state index is 13.2. The molecule has 0 spiro atoms. The van der Waals surface area contributed by atoms with Gasteiger partial charge in [0.15, 0.2) is 0 Å². The Labute approximate surface area is 158 Å². The fraction of sp³-hybridized carbons (Fsp3) is 0.286. The van der Waals surface area contributed by atoms with Gasteiger partial charge in [0.2, 0.25) is 5.95 Å². The van der Waals surface area contributed by atoms with Crippen LogP contribution in [-0.4, -0.2) is 43.5 Å². The number of rotatable bonds is 5. The van der Waals surface area contributed by atoms with E-state index in [2.05, 4.69) is 33.6 Å². The largest absolute Gasteiger partial charge is 0.342 e. The third kappa shape index (κ3) is 2.77. The van der Waals surface area contributed by atoms with Crippen molar-refractivity contribution in [3.05, 3.63) is 54.5 Å². The molecule has 0 saturated carbocycles. The van der Waals surface area contributed by atoms with Gasteiger partial charge >= 0.3 is 0 Å². The first kappa shape index (κ1) is 17.3. The normalized spacial score (nSPS) is 11.4. The summed E-state index contributed by atoms with van der Waals surface area (Å²) in [4.78, 5) is 23.8. The lowest BCUT2D eigenvalue weighted by molar-refractivity contribution is 0.0785. The zero-order chi connectivity index (χ0) is 19.0. The van der Waals surface area contributed by atoms with E-state index in [1.165, 1.54) is 0 Å². The third-order valence-corrected chi connectivity index (χ3v) is 5.03. The van der Waals surface area contributed by atoms with Crippen LogP contribution in [0.3, 0.4) is 0 Å². The van der Waals surface area contributed by atoms with Crippen molar-refractivity contribution >= 4 is 27.8 Å². The molecule has 4 aromatic rings. The quantitative estimate of drug-likeness (QED) is 0.543. The van der Waals surface area contributed by atoms with Crippen molar-refractivity contribution in [2.45, 2.75) is 19.8 Å². The summed E-state index contributed by atoms with van der Waals surface area (Å²) in [6.45, 7) is 2.85. The number of hydrogen-bond donors (Lipinski definition) is 0. The summed E-state index contributed by atoms with van der Waals surface area (Å²) < 4.78 is 4.01. The van der Waals surface area contributed by atoms with Gasteiger partial charge in [0.1, 0.15) is 5.69 Å². The summed E-state index contributed by atoms with van der Waals surface area (Å²) in [5.74, 6) is 0.493. The average molecular weight is 361 g/mol. The van der Waals surface area contributed by atoms with E-state index >= 15 is 0 Å². The molecule has 3 heterocycles. The van der Waals surface area contributed by atoms with Gasteiger partial charge in [-0.1, -0.05) is 31.5 Å². The molecule has 0 aliphatic heterocycles. The minimum absolute atomic E-state index is 0.0174. The Kier molecular flexibility index (Phi) is 4.39. The van der Waals surface area contributed by atoms with Gasteiger partial charge in [0.05, 0.1) is 16.6 Å². The highest BCUT2D eigenvalue weighted by Gasteiger charge is 2.24. The van der Waals surface area contributed by atoms with Gasteiger partial charge < -0.3 is 9.47 Å². The fourth-order valence-electron chi connectivity index (χ4n) is 3.57. The molecule has 4 rings (SSSR count). The summed E-state index contributed by atoms with van der Waals surface area (Å²) in [5, 5.41) is 1.08. The number of aryl methyl sites for hydroxylation is 1. The number of amides is 1. The predicted molar refractivity (Wildman–Crippen MR) is 107 cm³/mol. The van der Waals surface area contributed by atoms with Crippen LogP contribution < -0.4 is 0 Å². The molecule has 3 aromatic heterocycles. The molecule has 0 saturated heterocycles. The molecule has 0 aliphatic carbocycles. The number of carbonyl (C=O) groups is 1. The van der Waals surface area contributed by atoms with Crippen LogP contribution in [0.5, 0.6) is 0 Å². The maximum absolute atomic E-state index is 13.2. The van der Waals surface area contributed by atoms with Crippen molar-refractivity contribution in [2.24, 2.45) is 7.05 Å². The van der Waals surface area contributed by atoms with Gasteiger partial charge in [-0.25, -0.2) is 9.97 Å². The molecule has 0 N–H and O–H groups in total. The van der Waals surface area contributed by atoms with Crippen LogP contribution in [0, 0.1) is 0 Å². The number of benzene rings is 1. The van der Waals surface area contributed by atoms with Gasteiger partial charge in [0.25, 0.3) is 5.91 Å². The Balaban J connectivity index is 1.99. The second-order valence-electron chi connectivity index (χ2n) is 6.80. The van der Waals surface area contributed by atoms with E-state index in [4.69, 9.17) is 0 Å². The summed E-state index contributed by atoms with van der Waals surface area (Å²) >= 11 is 0. The smallest absolute Gasteiger partial charge is 0.270 e. The van der Waals surface area contributed by atoms with Crippen LogP contribution in [-0.2, 0) is 7.05 Å². The second-order valence-corrected chi connectivity index (χ2v) is 6.80. The van der Waals surface area contributed by atoms with Crippen LogP contribution >= 0.6 is 0 Å². The predicted octanol–water partition coefficient (Wildman–Crippen LogP) is 3.78. The molecule has 0 aliphatic rings. The van der Waals surface area contributed by atoms with E-state index < -0.39 is 0 Å². The molecular weight excluding hydrogens is 338 g/mol. The molecule has 27 heavy (non-hydrogen) atoms. The van der Waals surface area contributed by atoms with E-state index in [1.54, 1.807) is 23.4 Å². The number of para-hydroxylation sites is 1. The lowest BCUT2D eigenvalue weighted by Gasteiger charge is -2.18. The Hall–Kier alpha value is -3.15. The van der Waals surface area contributed by atoms with Gasteiger partial charge in [-0.15, -0.1) is 0 Å². The van der Waals surface area contributed by atoms with E-state index in [9.17, 15) is 4.79 Å². The van der Waals surface area contributed by atoms with E-state index in [0.29, 0.717) is 11.6 Å². The first-order valence-corrected chi connectivity index (χ1v) is 9.25. The third-order valence-electron chi connectivity index (χ3n) is 5.03. The molecule has 138 valence electrons. The number of unbranched alkanes of at least 4 members (excludes halogenated alkanes) is 1. The molecule has 6 heteroatoms. The van der Waals surface area contributed by atoms with Crippen LogP contribution in [0.25, 0.3) is 27.9 Å². The molecule has 0 bridgehead atoms. The number of aromatic nitrogens is 4. The van der Waals surface area contributed by atoms with Crippen molar-refractivity contribution in [3.8, 4) is 5.95 Å². The second kappa shape index (κ2) is 6.87. The topological polar surface area (TPSA) is 56.0 Å². The molecule has 1 amide bonds. The zero-order valence-corrected chi connectivity index (χ0v) is 15.9. The zero-order valence-electron chi connectivity index (χ0n) is 15.9. The van der Waals surface area contributed by atoms with Crippen molar-refractivity contribution < 1.29 is 4.79 Å². The molecule has 0 radical (unpaired) electrons. The van der Waals surface area contributed by atoms with E-state index in [-0.39, 0.29) is 5.91 Å². The Morgan fingerprint density at radius 3 is 2.59 bits per heavy atom. The Bertz CT molecular complexity index is 1110. The number of nitrogens with zero attached hydrogens (tertiary/aromatic N) is 5. The van der Waals surface area contributed by atoms with Crippen LogP contribution in [0.1, 0.15) is 30.3 Å². The highest BCUT2D eigenvalue weighted by Crippen LogP contribution is 2.32. The number of hydrogen-bond acceptors (Lipinski definition) is 3. The molecule has 1 aromatic carbocycles. The summed E-state index contributed by atoms with van der Waals surface area (Å²) in [5.41, 5.74) is 3.67. The van der Waals surface area contributed by atoms with Crippen LogP contribution in [0.2, 0.25) is 0 Å². The maximum Gasteiger partial charge on any atom is 0.270 e. The molecule has 0 atom stereocenters. The van der Waals surface area contributed by atoms with Crippen LogP contribution in [0.4, 0.5) is 0 Å². The first-order valence-electron chi connectivity index (χ1n) is 9.25. The number of fused-ring (bicyclic) bond motifs is 3. The summed E-state index contributed by atoms with van der Waals surface area (Å²) in [6, 6.07) is 11.9. The highest BCUT2D eigenvalue weighted by atomic mass is 16.2. The SMILES string of the molecule is CCCCN(C)C(=O)c1cc2c(c3ccccc3n2C)n1-c1ncccn1. The average Bonchev–Trinajstić information content (AvgIpc) is 3.23. The van der Waals surface area contributed by atoms with Gasteiger partial charge in [0, 0.05) is 38.4 Å². The highest BCUT2D eigenvalue weighted by molar-refractivity contribution is 6.10. The first-order chi connectivity index (χ1) is 13.1. The fourth-order valence-corrected chi connectivity index (χ4v) is 3.57. The number of carbonyl (C=O) groups excluding carboxylic acids is 1. The van der Waals surface area contributed by atoms with Crippen molar-refractivity contribution in [1.29, 1.82) is 0 Å². The van der Waals surface area contributed by atoms with Gasteiger partial charge in [-0.3, -0.25) is 9.36 Å². The Morgan fingerprint density at radius 2 is 1.85 bits per heavy atom. The van der Waals surface area contributed by atoms with Crippen molar-refractivity contribution in [1.82, 2.24) is 24.0 Å². The van der Waals surface area contributed by atoms with E-state index in [0.717, 1.165) is 41.3 Å². The van der Waals surface area contributed by atoms with Crippen molar-refractivity contribution in [3.63, 3.8) is 0 Å². The lowest BCUT2D eigenvalue weighted by Crippen LogP contribution is -2.29.